The number of aromatic nitrogens is 2. The summed E-state index contributed by atoms with van der Waals surface area (Å²) in [5.41, 5.74) is 4.52. The highest BCUT2D eigenvalue weighted by Gasteiger charge is 2.15. The molecule has 4 rings (SSSR count). The second-order valence-electron chi connectivity index (χ2n) is 8.70. The molecule has 0 amide bonds. The van der Waals surface area contributed by atoms with Crippen molar-refractivity contribution in [2.75, 3.05) is 0 Å². The smallest absolute Gasteiger partial charge is 0.120 e. The lowest BCUT2D eigenvalue weighted by Crippen LogP contribution is -2.18. The van der Waals surface area contributed by atoms with E-state index in [4.69, 9.17) is 5.10 Å². The van der Waals surface area contributed by atoms with Crippen molar-refractivity contribution >= 4 is 10.8 Å². The maximum Gasteiger partial charge on any atom is 0.120 e. The fraction of sp³-hybridized carbons (Fsp3) is 0.250. The molecule has 1 heterocycles. The second kappa shape index (κ2) is 9.00. The Labute approximate surface area is 189 Å². The SMILES string of the molecule is Cc1c(C(C)NCc2ccc(C#CC(C)(C)O)cc2)cnn1-c1cccc2ccccc12. The van der Waals surface area contributed by atoms with E-state index in [0.717, 1.165) is 23.5 Å². The molecule has 0 fully saturated rings. The molecule has 4 aromatic rings. The van der Waals surface area contributed by atoms with Crippen molar-refractivity contribution < 1.29 is 5.11 Å². The topological polar surface area (TPSA) is 50.1 Å². The van der Waals surface area contributed by atoms with E-state index in [1.807, 2.05) is 23.0 Å². The standard InChI is InChI=1S/C28H29N3O/c1-20(29-18-23-14-12-22(13-15-23)16-17-28(3,4)32)26-19-30-31(21(26)2)27-11-7-9-24-8-5-6-10-25(24)27/h5-15,19-20,29,32H,18H2,1-4H3. The summed E-state index contributed by atoms with van der Waals surface area (Å²) < 4.78 is 2.03. The molecule has 0 radical (unpaired) electrons. The van der Waals surface area contributed by atoms with Gasteiger partial charge in [0.1, 0.15) is 5.60 Å². The van der Waals surface area contributed by atoms with Gasteiger partial charge in [-0.15, -0.1) is 0 Å². The van der Waals surface area contributed by atoms with Gasteiger partial charge in [0.15, 0.2) is 0 Å². The van der Waals surface area contributed by atoms with E-state index in [1.165, 1.54) is 21.9 Å². The number of hydrogen-bond donors (Lipinski definition) is 2. The van der Waals surface area contributed by atoms with E-state index < -0.39 is 5.60 Å². The number of nitrogens with zero attached hydrogens (tertiary/aromatic N) is 2. The van der Waals surface area contributed by atoms with Crippen LogP contribution in [0.3, 0.4) is 0 Å². The zero-order valence-corrected chi connectivity index (χ0v) is 19.1. The van der Waals surface area contributed by atoms with Crippen molar-refractivity contribution in [3.8, 4) is 17.5 Å². The molecule has 0 saturated carbocycles. The number of benzene rings is 3. The monoisotopic (exact) mass is 423 g/mol. The summed E-state index contributed by atoms with van der Waals surface area (Å²) in [5.74, 6) is 5.85. The minimum absolute atomic E-state index is 0.161. The third-order valence-electron chi connectivity index (χ3n) is 5.59. The van der Waals surface area contributed by atoms with Crippen LogP contribution in [0.2, 0.25) is 0 Å². The Bertz CT molecular complexity index is 1280. The summed E-state index contributed by atoms with van der Waals surface area (Å²) in [7, 11) is 0. The fourth-order valence-electron chi connectivity index (χ4n) is 3.80. The third kappa shape index (κ3) is 4.91. The lowest BCUT2D eigenvalue weighted by molar-refractivity contribution is 0.143. The van der Waals surface area contributed by atoms with Crippen LogP contribution >= 0.6 is 0 Å². The molecule has 0 aliphatic rings. The van der Waals surface area contributed by atoms with E-state index in [2.05, 4.69) is 85.6 Å². The number of fused-ring (bicyclic) bond motifs is 1. The number of rotatable bonds is 5. The van der Waals surface area contributed by atoms with Crippen LogP contribution in [0.25, 0.3) is 16.5 Å². The molecule has 0 aliphatic carbocycles. The molecule has 0 aliphatic heterocycles. The highest BCUT2D eigenvalue weighted by Crippen LogP contribution is 2.26. The van der Waals surface area contributed by atoms with Gasteiger partial charge < -0.3 is 10.4 Å². The van der Waals surface area contributed by atoms with E-state index in [9.17, 15) is 5.11 Å². The van der Waals surface area contributed by atoms with Crippen molar-refractivity contribution in [1.29, 1.82) is 0 Å². The first-order valence-electron chi connectivity index (χ1n) is 10.9. The zero-order valence-electron chi connectivity index (χ0n) is 19.1. The van der Waals surface area contributed by atoms with Crippen LogP contribution in [0.1, 0.15) is 49.2 Å². The molecule has 0 spiro atoms. The first-order valence-corrected chi connectivity index (χ1v) is 10.9. The molecule has 3 aromatic carbocycles. The van der Waals surface area contributed by atoms with Gasteiger partial charge in [-0.3, -0.25) is 0 Å². The van der Waals surface area contributed by atoms with Crippen LogP contribution in [-0.4, -0.2) is 20.5 Å². The average Bonchev–Trinajstić information content (AvgIpc) is 3.17. The van der Waals surface area contributed by atoms with Crippen molar-refractivity contribution in [3.63, 3.8) is 0 Å². The molecule has 32 heavy (non-hydrogen) atoms. The van der Waals surface area contributed by atoms with Crippen LogP contribution in [0.15, 0.2) is 72.9 Å². The minimum Gasteiger partial charge on any atom is -0.378 e. The fourth-order valence-corrected chi connectivity index (χ4v) is 3.80. The van der Waals surface area contributed by atoms with Gasteiger partial charge in [0.05, 0.1) is 11.9 Å². The van der Waals surface area contributed by atoms with Crippen molar-refractivity contribution in [2.24, 2.45) is 0 Å². The average molecular weight is 424 g/mol. The van der Waals surface area contributed by atoms with Gasteiger partial charge in [0.2, 0.25) is 0 Å². The quantitative estimate of drug-likeness (QED) is 0.428. The first-order chi connectivity index (χ1) is 15.3. The summed E-state index contributed by atoms with van der Waals surface area (Å²) in [5, 5.41) is 20.5. The van der Waals surface area contributed by atoms with Crippen LogP contribution < -0.4 is 5.32 Å². The van der Waals surface area contributed by atoms with Crippen molar-refractivity contribution in [2.45, 2.75) is 45.9 Å². The van der Waals surface area contributed by atoms with Gasteiger partial charge in [0.25, 0.3) is 0 Å². The first kappa shape index (κ1) is 21.8. The lowest BCUT2D eigenvalue weighted by Gasteiger charge is -2.15. The highest BCUT2D eigenvalue weighted by molar-refractivity contribution is 5.90. The minimum atomic E-state index is -0.982. The zero-order chi connectivity index (χ0) is 22.7. The number of aliphatic hydroxyl groups is 1. The normalized spacial score (nSPS) is 12.4. The van der Waals surface area contributed by atoms with Crippen molar-refractivity contribution in [3.05, 3.63) is 95.3 Å². The largest absolute Gasteiger partial charge is 0.378 e. The number of hydrogen-bond acceptors (Lipinski definition) is 3. The van der Waals surface area contributed by atoms with Crippen LogP contribution in [0.4, 0.5) is 0 Å². The third-order valence-corrected chi connectivity index (χ3v) is 5.59. The maximum atomic E-state index is 9.75. The molecular weight excluding hydrogens is 394 g/mol. The van der Waals surface area contributed by atoms with Gasteiger partial charge in [-0.25, -0.2) is 4.68 Å². The molecule has 1 aromatic heterocycles. The van der Waals surface area contributed by atoms with Crippen molar-refractivity contribution in [1.82, 2.24) is 15.1 Å². The van der Waals surface area contributed by atoms with Gasteiger partial charge in [-0.2, -0.15) is 5.10 Å². The summed E-state index contributed by atoms with van der Waals surface area (Å²) in [4.78, 5) is 0. The van der Waals surface area contributed by atoms with E-state index in [1.54, 1.807) is 13.8 Å². The van der Waals surface area contributed by atoms with E-state index >= 15 is 0 Å². The molecule has 4 heteroatoms. The predicted molar refractivity (Wildman–Crippen MR) is 131 cm³/mol. The summed E-state index contributed by atoms with van der Waals surface area (Å²) in [6.45, 7) is 8.41. The van der Waals surface area contributed by atoms with Gasteiger partial charge in [-0.1, -0.05) is 60.4 Å². The Morgan fingerprint density at radius 1 is 1.03 bits per heavy atom. The second-order valence-corrected chi connectivity index (χ2v) is 8.70. The molecule has 2 N–H and O–H groups in total. The van der Waals surface area contributed by atoms with Gasteiger partial charge in [-0.05, 0) is 56.8 Å². The highest BCUT2D eigenvalue weighted by atomic mass is 16.3. The Balaban J connectivity index is 1.47. The molecule has 0 saturated heterocycles. The van der Waals surface area contributed by atoms with Crippen LogP contribution in [0, 0.1) is 18.8 Å². The lowest BCUT2D eigenvalue weighted by atomic mass is 10.1. The Morgan fingerprint density at radius 2 is 1.75 bits per heavy atom. The predicted octanol–water partition coefficient (Wildman–Crippen LogP) is 5.31. The number of nitrogens with one attached hydrogen (secondary N) is 1. The summed E-state index contributed by atoms with van der Waals surface area (Å²) in [6.07, 6.45) is 1.96. The molecule has 162 valence electrons. The Kier molecular flexibility index (Phi) is 6.14. The molecule has 0 bridgehead atoms. The molecule has 1 unspecified atom stereocenters. The van der Waals surface area contributed by atoms with Crippen LogP contribution in [-0.2, 0) is 6.54 Å². The molecule has 1 atom stereocenters. The molecule has 4 nitrogen and oxygen atoms in total. The van der Waals surface area contributed by atoms with Gasteiger partial charge in [0, 0.05) is 34.8 Å². The summed E-state index contributed by atoms with van der Waals surface area (Å²) in [6, 6.07) is 23.0. The Hall–Kier alpha value is -3.39. The van der Waals surface area contributed by atoms with Gasteiger partial charge >= 0.3 is 0 Å². The Morgan fingerprint density at radius 3 is 2.50 bits per heavy atom. The van der Waals surface area contributed by atoms with Crippen LogP contribution in [0.5, 0.6) is 0 Å². The maximum absolute atomic E-state index is 9.75. The summed E-state index contributed by atoms with van der Waals surface area (Å²) >= 11 is 0. The molecular formula is C28H29N3O. The van der Waals surface area contributed by atoms with E-state index in [0.29, 0.717) is 0 Å². The van der Waals surface area contributed by atoms with E-state index in [-0.39, 0.29) is 6.04 Å².